The van der Waals surface area contributed by atoms with Crippen molar-refractivity contribution in [1.29, 1.82) is 0 Å². The van der Waals surface area contributed by atoms with Crippen molar-refractivity contribution in [3.05, 3.63) is 47.5 Å². The lowest BCUT2D eigenvalue weighted by Gasteiger charge is -2.10. The van der Waals surface area contributed by atoms with Gasteiger partial charge < -0.3 is 9.47 Å². The van der Waals surface area contributed by atoms with E-state index >= 15 is 0 Å². The van der Waals surface area contributed by atoms with Gasteiger partial charge in [-0.1, -0.05) is 23.5 Å². The molecule has 1 aromatic heterocycles. The number of ether oxygens (including phenoxy) is 2. The first kappa shape index (κ1) is 17.2. The molecule has 0 radical (unpaired) electrons. The Bertz CT molecular complexity index is 905. The monoisotopic (exact) mass is 356 g/mol. The predicted molar refractivity (Wildman–Crippen MR) is 101 cm³/mol. The van der Waals surface area contributed by atoms with Crippen LogP contribution in [0.3, 0.4) is 0 Å². The molecule has 1 N–H and O–H groups in total. The molecule has 0 spiro atoms. The number of fused-ring (bicyclic) bond motifs is 1. The van der Waals surface area contributed by atoms with Crippen LogP contribution < -0.4 is 14.8 Å². The molecule has 0 unspecified atom stereocenters. The van der Waals surface area contributed by atoms with E-state index in [0.717, 1.165) is 32.8 Å². The number of benzene rings is 2. The third-order valence-electron chi connectivity index (χ3n) is 3.83. The minimum absolute atomic E-state index is 0.0512. The van der Waals surface area contributed by atoms with E-state index in [4.69, 9.17) is 9.47 Å². The minimum atomic E-state index is -0.231. The van der Waals surface area contributed by atoms with Gasteiger partial charge in [0.2, 0.25) is 0 Å². The zero-order valence-corrected chi connectivity index (χ0v) is 15.3. The molecule has 25 heavy (non-hydrogen) atoms. The molecule has 2 aromatic carbocycles. The molecule has 0 bridgehead atoms. The molecule has 1 amide bonds. The Kier molecular flexibility index (Phi) is 5.19. The van der Waals surface area contributed by atoms with Crippen LogP contribution >= 0.6 is 11.3 Å². The number of aryl methyl sites for hydroxylation is 1. The molecule has 6 heteroatoms. The van der Waals surface area contributed by atoms with Crippen molar-refractivity contribution in [2.45, 2.75) is 20.8 Å². The summed E-state index contributed by atoms with van der Waals surface area (Å²) in [5, 5.41) is 3.34. The van der Waals surface area contributed by atoms with Crippen LogP contribution in [0, 0.1) is 13.8 Å². The number of nitrogens with zero attached hydrogens (tertiary/aromatic N) is 1. The number of amides is 1. The van der Waals surface area contributed by atoms with Crippen LogP contribution in [0.15, 0.2) is 36.4 Å². The molecule has 0 fully saturated rings. The first-order chi connectivity index (χ1) is 12.1. The zero-order chi connectivity index (χ0) is 17.8. The number of carbonyl (C=O) groups is 1. The number of thiazole rings is 1. The number of anilines is 1. The normalized spacial score (nSPS) is 10.7. The largest absolute Gasteiger partial charge is 0.494 e. The van der Waals surface area contributed by atoms with Gasteiger partial charge in [-0.05, 0) is 56.2 Å². The smallest absolute Gasteiger partial charge is 0.264 e. The highest BCUT2D eigenvalue weighted by atomic mass is 32.1. The summed E-state index contributed by atoms with van der Waals surface area (Å²) in [6, 6.07) is 11.5. The van der Waals surface area contributed by atoms with Crippen molar-refractivity contribution in [1.82, 2.24) is 4.98 Å². The highest BCUT2D eigenvalue weighted by Crippen LogP contribution is 2.29. The van der Waals surface area contributed by atoms with Gasteiger partial charge in [0.1, 0.15) is 11.5 Å². The van der Waals surface area contributed by atoms with Crippen LogP contribution in [0.5, 0.6) is 11.5 Å². The van der Waals surface area contributed by atoms with Gasteiger partial charge in [-0.3, -0.25) is 10.1 Å². The second kappa shape index (κ2) is 7.53. The Morgan fingerprint density at radius 2 is 2.04 bits per heavy atom. The van der Waals surface area contributed by atoms with Gasteiger partial charge in [-0.25, -0.2) is 4.98 Å². The van der Waals surface area contributed by atoms with E-state index in [-0.39, 0.29) is 12.5 Å². The second-order valence-corrected chi connectivity index (χ2v) is 6.65. The molecular weight excluding hydrogens is 336 g/mol. The minimum Gasteiger partial charge on any atom is -0.494 e. The lowest BCUT2D eigenvalue weighted by atomic mass is 10.1. The van der Waals surface area contributed by atoms with Gasteiger partial charge >= 0.3 is 0 Å². The molecular formula is C19H20N2O3S. The molecule has 0 saturated carbocycles. The summed E-state index contributed by atoms with van der Waals surface area (Å²) >= 11 is 1.41. The molecule has 0 aliphatic carbocycles. The van der Waals surface area contributed by atoms with Crippen molar-refractivity contribution in [3.63, 3.8) is 0 Å². The summed E-state index contributed by atoms with van der Waals surface area (Å²) < 4.78 is 12.1. The Morgan fingerprint density at radius 3 is 2.84 bits per heavy atom. The van der Waals surface area contributed by atoms with E-state index in [1.54, 1.807) is 0 Å². The van der Waals surface area contributed by atoms with Gasteiger partial charge in [0.15, 0.2) is 11.7 Å². The lowest BCUT2D eigenvalue weighted by molar-refractivity contribution is -0.118. The maximum atomic E-state index is 12.1. The number of rotatable bonds is 6. The van der Waals surface area contributed by atoms with Crippen LogP contribution in [0.4, 0.5) is 5.13 Å². The first-order valence-corrected chi connectivity index (χ1v) is 8.90. The van der Waals surface area contributed by atoms with Gasteiger partial charge in [0.05, 0.1) is 16.8 Å². The van der Waals surface area contributed by atoms with Gasteiger partial charge in [0, 0.05) is 0 Å². The summed E-state index contributed by atoms with van der Waals surface area (Å²) in [6.45, 7) is 6.50. The molecule has 3 rings (SSSR count). The number of hydrogen-bond acceptors (Lipinski definition) is 5. The zero-order valence-electron chi connectivity index (χ0n) is 14.5. The molecule has 0 atom stereocenters. The van der Waals surface area contributed by atoms with E-state index in [1.165, 1.54) is 11.3 Å². The summed E-state index contributed by atoms with van der Waals surface area (Å²) in [5.41, 5.74) is 3.01. The molecule has 5 nitrogen and oxygen atoms in total. The van der Waals surface area contributed by atoms with Gasteiger partial charge in [-0.2, -0.15) is 0 Å². The standard InChI is InChI=1S/C19H20N2O3S/c1-4-23-14-8-9-15-17(10-14)25-19(20-15)21-18(22)11-24-16-7-5-6-12(2)13(16)3/h5-10H,4,11H2,1-3H3,(H,20,21,22). The van der Waals surface area contributed by atoms with Crippen molar-refractivity contribution >= 4 is 32.6 Å². The van der Waals surface area contributed by atoms with Crippen LogP contribution in [0.25, 0.3) is 10.2 Å². The third-order valence-corrected chi connectivity index (χ3v) is 4.76. The summed E-state index contributed by atoms with van der Waals surface area (Å²) in [5.74, 6) is 1.29. The lowest BCUT2D eigenvalue weighted by Crippen LogP contribution is -2.20. The molecule has 0 aliphatic heterocycles. The van der Waals surface area contributed by atoms with Gasteiger partial charge in [0.25, 0.3) is 5.91 Å². The average molecular weight is 356 g/mol. The fourth-order valence-electron chi connectivity index (χ4n) is 2.39. The fourth-order valence-corrected chi connectivity index (χ4v) is 3.30. The summed E-state index contributed by atoms with van der Waals surface area (Å²) in [6.07, 6.45) is 0. The molecule has 1 heterocycles. The van der Waals surface area contributed by atoms with Crippen molar-refractivity contribution in [2.24, 2.45) is 0 Å². The Hall–Kier alpha value is -2.60. The van der Waals surface area contributed by atoms with Crippen molar-refractivity contribution < 1.29 is 14.3 Å². The fraction of sp³-hybridized carbons (Fsp3) is 0.263. The van der Waals surface area contributed by atoms with E-state index in [2.05, 4.69) is 10.3 Å². The van der Waals surface area contributed by atoms with E-state index in [1.807, 2.05) is 57.2 Å². The maximum absolute atomic E-state index is 12.1. The van der Waals surface area contributed by atoms with E-state index in [9.17, 15) is 4.79 Å². The Balaban J connectivity index is 1.64. The first-order valence-electron chi connectivity index (χ1n) is 8.09. The maximum Gasteiger partial charge on any atom is 0.264 e. The van der Waals surface area contributed by atoms with Crippen molar-refractivity contribution in [3.8, 4) is 11.5 Å². The van der Waals surface area contributed by atoms with Crippen LogP contribution in [-0.4, -0.2) is 24.1 Å². The Labute approximate surface area is 150 Å². The number of aromatic nitrogens is 1. The van der Waals surface area contributed by atoms with Gasteiger partial charge in [-0.15, -0.1) is 0 Å². The SMILES string of the molecule is CCOc1ccc2nc(NC(=O)COc3cccc(C)c3C)sc2c1. The molecule has 3 aromatic rings. The van der Waals surface area contributed by atoms with Crippen LogP contribution in [0.1, 0.15) is 18.1 Å². The van der Waals surface area contributed by atoms with Crippen LogP contribution in [-0.2, 0) is 4.79 Å². The number of nitrogens with one attached hydrogen (secondary N) is 1. The highest BCUT2D eigenvalue weighted by Gasteiger charge is 2.10. The molecule has 130 valence electrons. The van der Waals surface area contributed by atoms with E-state index < -0.39 is 0 Å². The number of hydrogen-bond donors (Lipinski definition) is 1. The topological polar surface area (TPSA) is 60.5 Å². The average Bonchev–Trinajstić information content (AvgIpc) is 2.98. The molecule has 0 saturated heterocycles. The highest BCUT2D eigenvalue weighted by molar-refractivity contribution is 7.22. The Morgan fingerprint density at radius 1 is 1.20 bits per heavy atom. The summed E-state index contributed by atoms with van der Waals surface area (Å²) in [4.78, 5) is 16.6. The third kappa shape index (κ3) is 4.09. The van der Waals surface area contributed by atoms with Crippen molar-refractivity contribution in [2.75, 3.05) is 18.5 Å². The van der Waals surface area contributed by atoms with E-state index in [0.29, 0.717) is 11.7 Å². The quantitative estimate of drug-likeness (QED) is 0.714. The summed E-state index contributed by atoms with van der Waals surface area (Å²) in [7, 11) is 0. The van der Waals surface area contributed by atoms with Crippen LogP contribution in [0.2, 0.25) is 0 Å². The second-order valence-electron chi connectivity index (χ2n) is 5.62. The number of carbonyl (C=O) groups excluding carboxylic acids is 1. The molecule has 0 aliphatic rings. The predicted octanol–water partition coefficient (Wildman–Crippen LogP) is 4.33.